The molecule has 24 heavy (non-hydrogen) atoms. The summed E-state index contributed by atoms with van der Waals surface area (Å²) in [6.07, 6.45) is 3.79. The quantitative estimate of drug-likeness (QED) is 0.824. The Hall–Kier alpha value is -1.71. The molecule has 1 aromatic rings. The van der Waals surface area contributed by atoms with Crippen molar-refractivity contribution in [2.75, 3.05) is 45.6 Å². The van der Waals surface area contributed by atoms with Crippen LogP contribution in [0.5, 0.6) is 0 Å². The molecule has 2 heterocycles. The van der Waals surface area contributed by atoms with Crippen molar-refractivity contribution in [1.29, 1.82) is 5.26 Å². The fourth-order valence-corrected chi connectivity index (χ4v) is 3.23. The molecule has 1 aromatic heterocycles. The van der Waals surface area contributed by atoms with Crippen molar-refractivity contribution >= 4 is 5.82 Å². The molecule has 0 amide bonds. The van der Waals surface area contributed by atoms with Gasteiger partial charge in [0.05, 0.1) is 5.69 Å². The summed E-state index contributed by atoms with van der Waals surface area (Å²) in [5.41, 5.74) is 2.67. The standard InChI is InChI=1S/C18H30N6/c1-5-15-16(13-19)18(22-21-17(15)6-2)20-14-7-9-24(10-8-14)12-11-23(3)4/h14H,5-12H2,1-4H3,(H,20,22). The van der Waals surface area contributed by atoms with Crippen LogP contribution in [0, 0.1) is 11.3 Å². The molecule has 6 heteroatoms. The van der Waals surface area contributed by atoms with E-state index in [0.717, 1.165) is 63.1 Å². The second-order valence-electron chi connectivity index (χ2n) is 6.73. The van der Waals surface area contributed by atoms with Crippen LogP contribution in [0.4, 0.5) is 5.82 Å². The number of piperidine rings is 1. The summed E-state index contributed by atoms with van der Waals surface area (Å²) < 4.78 is 0. The monoisotopic (exact) mass is 330 g/mol. The lowest BCUT2D eigenvalue weighted by Gasteiger charge is -2.33. The lowest BCUT2D eigenvalue weighted by Crippen LogP contribution is -2.42. The summed E-state index contributed by atoms with van der Waals surface area (Å²) in [7, 11) is 4.23. The number of aryl methyl sites for hydroxylation is 1. The van der Waals surface area contributed by atoms with Gasteiger partial charge in [-0.2, -0.15) is 10.4 Å². The van der Waals surface area contributed by atoms with E-state index in [-0.39, 0.29) is 0 Å². The molecule has 0 spiro atoms. The van der Waals surface area contributed by atoms with Gasteiger partial charge in [0, 0.05) is 32.2 Å². The lowest BCUT2D eigenvalue weighted by atomic mass is 10.0. The maximum absolute atomic E-state index is 9.57. The van der Waals surface area contributed by atoms with Crippen LogP contribution in [0.25, 0.3) is 0 Å². The number of nitriles is 1. The minimum atomic E-state index is 0.374. The summed E-state index contributed by atoms with van der Waals surface area (Å²) in [6, 6.07) is 2.71. The number of rotatable bonds is 7. The number of anilines is 1. The predicted octanol–water partition coefficient (Wildman–Crippen LogP) is 1.91. The zero-order valence-corrected chi connectivity index (χ0v) is 15.5. The van der Waals surface area contributed by atoms with Crippen molar-refractivity contribution in [3.63, 3.8) is 0 Å². The van der Waals surface area contributed by atoms with Gasteiger partial charge >= 0.3 is 0 Å². The van der Waals surface area contributed by atoms with E-state index in [1.165, 1.54) is 0 Å². The average Bonchev–Trinajstić information content (AvgIpc) is 2.60. The van der Waals surface area contributed by atoms with Gasteiger partial charge in [-0.1, -0.05) is 13.8 Å². The summed E-state index contributed by atoms with van der Waals surface area (Å²) in [6.45, 7) is 8.53. The van der Waals surface area contributed by atoms with Gasteiger partial charge in [0.25, 0.3) is 0 Å². The highest BCUT2D eigenvalue weighted by Gasteiger charge is 2.22. The highest BCUT2D eigenvalue weighted by Crippen LogP contribution is 2.22. The smallest absolute Gasteiger partial charge is 0.167 e. The van der Waals surface area contributed by atoms with Gasteiger partial charge < -0.3 is 15.1 Å². The summed E-state index contributed by atoms with van der Waals surface area (Å²) in [5.74, 6) is 0.665. The third-order valence-corrected chi connectivity index (χ3v) is 4.75. The molecule has 1 N–H and O–H groups in total. The van der Waals surface area contributed by atoms with E-state index in [2.05, 4.69) is 59.3 Å². The number of hydrogen-bond acceptors (Lipinski definition) is 6. The van der Waals surface area contributed by atoms with E-state index in [1.807, 2.05) is 0 Å². The number of nitrogens with zero attached hydrogens (tertiary/aromatic N) is 5. The van der Waals surface area contributed by atoms with Gasteiger partial charge in [0.1, 0.15) is 11.6 Å². The summed E-state index contributed by atoms with van der Waals surface area (Å²) in [5, 5.41) is 21.7. The molecule has 1 aliphatic rings. The van der Waals surface area contributed by atoms with Crippen LogP contribution in [0.3, 0.4) is 0 Å². The predicted molar refractivity (Wildman–Crippen MR) is 97.1 cm³/mol. The van der Waals surface area contributed by atoms with Crippen LogP contribution in [0.2, 0.25) is 0 Å². The maximum atomic E-state index is 9.57. The first-order chi connectivity index (χ1) is 11.6. The molecule has 0 bridgehead atoms. The van der Waals surface area contributed by atoms with E-state index < -0.39 is 0 Å². The molecule has 0 radical (unpaired) electrons. The number of likely N-dealkylation sites (N-methyl/N-ethyl adjacent to an activating group) is 1. The molecule has 0 atom stereocenters. The zero-order valence-electron chi connectivity index (χ0n) is 15.5. The zero-order chi connectivity index (χ0) is 17.5. The molecule has 1 fully saturated rings. The summed E-state index contributed by atoms with van der Waals surface area (Å²) >= 11 is 0. The van der Waals surface area contributed by atoms with Crippen molar-refractivity contribution in [3.05, 3.63) is 16.8 Å². The highest BCUT2D eigenvalue weighted by molar-refractivity contribution is 5.56. The maximum Gasteiger partial charge on any atom is 0.167 e. The number of aromatic nitrogens is 2. The Kier molecular flexibility index (Phi) is 6.95. The largest absolute Gasteiger partial charge is 0.365 e. The van der Waals surface area contributed by atoms with Gasteiger partial charge in [-0.05, 0) is 45.3 Å². The van der Waals surface area contributed by atoms with Gasteiger partial charge in [0.2, 0.25) is 0 Å². The molecule has 2 rings (SSSR count). The van der Waals surface area contributed by atoms with Crippen molar-refractivity contribution < 1.29 is 0 Å². The number of hydrogen-bond donors (Lipinski definition) is 1. The van der Waals surface area contributed by atoms with E-state index in [9.17, 15) is 5.26 Å². The van der Waals surface area contributed by atoms with Crippen molar-refractivity contribution in [2.24, 2.45) is 0 Å². The van der Waals surface area contributed by atoms with Crippen molar-refractivity contribution in [1.82, 2.24) is 20.0 Å². The Bertz CT molecular complexity index is 570. The Morgan fingerprint density at radius 2 is 1.92 bits per heavy atom. The third kappa shape index (κ3) is 4.65. The molecule has 0 aromatic carbocycles. The Morgan fingerprint density at radius 1 is 1.21 bits per heavy atom. The van der Waals surface area contributed by atoms with Crippen LogP contribution in [0.1, 0.15) is 43.5 Å². The Labute approximate surface area is 145 Å². The topological polar surface area (TPSA) is 68.1 Å². The molecule has 132 valence electrons. The third-order valence-electron chi connectivity index (χ3n) is 4.75. The van der Waals surface area contributed by atoms with Crippen LogP contribution >= 0.6 is 0 Å². The SMILES string of the molecule is CCc1nnc(NC2CCN(CCN(C)C)CC2)c(C#N)c1CC. The number of likely N-dealkylation sites (tertiary alicyclic amines) is 1. The van der Waals surface area contributed by atoms with Crippen LogP contribution in [0.15, 0.2) is 0 Å². The van der Waals surface area contributed by atoms with E-state index >= 15 is 0 Å². The van der Waals surface area contributed by atoms with E-state index in [4.69, 9.17) is 0 Å². The first-order valence-electron chi connectivity index (χ1n) is 9.01. The van der Waals surface area contributed by atoms with Gasteiger partial charge in [-0.15, -0.1) is 5.10 Å². The first kappa shape index (κ1) is 18.6. The first-order valence-corrected chi connectivity index (χ1v) is 9.01. The molecule has 1 saturated heterocycles. The van der Waals surface area contributed by atoms with Gasteiger partial charge in [-0.3, -0.25) is 0 Å². The molecular formula is C18H30N6. The molecule has 0 aliphatic carbocycles. The summed E-state index contributed by atoms with van der Waals surface area (Å²) in [4.78, 5) is 4.73. The highest BCUT2D eigenvalue weighted by atomic mass is 15.2. The van der Waals surface area contributed by atoms with Crippen molar-refractivity contribution in [2.45, 2.75) is 45.6 Å². The minimum absolute atomic E-state index is 0.374. The molecular weight excluding hydrogens is 300 g/mol. The van der Waals surface area contributed by atoms with Crippen LogP contribution in [-0.4, -0.2) is 66.3 Å². The number of nitrogens with one attached hydrogen (secondary N) is 1. The van der Waals surface area contributed by atoms with Crippen LogP contribution in [-0.2, 0) is 12.8 Å². The molecule has 0 unspecified atom stereocenters. The minimum Gasteiger partial charge on any atom is -0.365 e. The van der Waals surface area contributed by atoms with Gasteiger partial charge in [0.15, 0.2) is 5.82 Å². The second-order valence-corrected chi connectivity index (χ2v) is 6.73. The normalized spacial score (nSPS) is 16.3. The molecule has 0 saturated carbocycles. The van der Waals surface area contributed by atoms with Gasteiger partial charge in [-0.25, -0.2) is 0 Å². The second kappa shape index (κ2) is 8.95. The fraction of sp³-hybridized carbons (Fsp3) is 0.722. The van der Waals surface area contributed by atoms with E-state index in [0.29, 0.717) is 17.4 Å². The molecule has 6 nitrogen and oxygen atoms in total. The van der Waals surface area contributed by atoms with E-state index in [1.54, 1.807) is 0 Å². The van der Waals surface area contributed by atoms with Crippen molar-refractivity contribution in [3.8, 4) is 6.07 Å². The average molecular weight is 330 g/mol. The lowest BCUT2D eigenvalue weighted by molar-refractivity contribution is 0.199. The fourth-order valence-electron chi connectivity index (χ4n) is 3.23. The Balaban J connectivity index is 1.99. The van der Waals surface area contributed by atoms with Crippen LogP contribution < -0.4 is 5.32 Å². The Morgan fingerprint density at radius 3 is 2.46 bits per heavy atom. The molecule has 1 aliphatic heterocycles.